The average molecular weight is 419 g/mol. The summed E-state index contributed by atoms with van der Waals surface area (Å²) in [6, 6.07) is 4.91. The van der Waals surface area contributed by atoms with E-state index < -0.39 is 43.6 Å². The molecule has 27 heavy (non-hydrogen) atoms. The Morgan fingerprint density at radius 1 is 1.19 bits per heavy atom. The molecule has 1 saturated carbocycles. The number of pyridine rings is 1. The van der Waals surface area contributed by atoms with Crippen molar-refractivity contribution >= 4 is 32.8 Å². The molecule has 0 bridgehead atoms. The number of hydrogen-bond acceptors (Lipinski definition) is 4. The van der Waals surface area contributed by atoms with Gasteiger partial charge in [-0.05, 0) is 42.7 Å². The van der Waals surface area contributed by atoms with E-state index in [-0.39, 0.29) is 22.0 Å². The summed E-state index contributed by atoms with van der Waals surface area (Å²) in [7, 11) is -4.04. The van der Waals surface area contributed by atoms with Crippen LogP contribution in [-0.2, 0) is 15.3 Å². The number of H-pyrrole nitrogens is 1. The van der Waals surface area contributed by atoms with Crippen molar-refractivity contribution in [3.63, 3.8) is 0 Å². The van der Waals surface area contributed by atoms with Gasteiger partial charge in [0.15, 0.2) is 9.84 Å². The van der Waals surface area contributed by atoms with Gasteiger partial charge in [-0.1, -0.05) is 11.6 Å². The van der Waals surface area contributed by atoms with Crippen LogP contribution in [0.5, 0.6) is 0 Å². The van der Waals surface area contributed by atoms with E-state index in [4.69, 9.17) is 11.6 Å². The standard InChI is InChI=1S/C17H14ClF3N2O3S/c18-9-1-4-13-12(7-9)16(17(19,20)21,8-27(25,26)10-2-3-10)11-5-6-22-15(24)14(11)23-13/h1,4-7,10,23H,2-3,8H2,(H,22,24). The van der Waals surface area contributed by atoms with Crippen LogP contribution in [0.2, 0.25) is 5.02 Å². The Balaban J connectivity index is 2.09. The molecule has 144 valence electrons. The number of nitrogens with one attached hydrogen (secondary N) is 2. The number of sulfone groups is 1. The number of rotatable bonds is 3. The lowest BCUT2D eigenvalue weighted by Gasteiger charge is -2.41. The van der Waals surface area contributed by atoms with Crippen molar-refractivity contribution in [2.24, 2.45) is 0 Å². The Morgan fingerprint density at radius 3 is 2.52 bits per heavy atom. The number of aromatic amines is 1. The highest BCUT2D eigenvalue weighted by atomic mass is 35.5. The highest BCUT2D eigenvalue weighted by Crippen LogP contribution is 2.55. The van der Waals surface area contributed by atoms with Gasteiger partial charge in [0.25, 0.3) is 5.56 Å². The van der Waals surface area contributed by atoms with Crippen molar-refractivity contribution in [3.8, 4) is 0 Å². The van der Waals surface area contributed by atoms with Crippen LogP contribution >= 0.6 is 11.6 Å². The first-order valence-electron chi connectivity index (χ1n) is 8.14. The number of benzene rings is 1. The molecule has 0 spiro atoms. The molecule has 1 unspecified atom stereocenters. The quantitative estimate of drug-likeness (QED) is 0.799. The van der Waals surface area contributed by atoms with Gasteiger partial charge in [-0.2, -0.15) is 13.2 Å². The molecule has 10 heteroatoms. The zero-order valence-electron chi connectivity index (χ0n) is 13.7. The molecule has 1 aliphatic carbocycles. The van der Waals surface area contributed by atoms with Gasteiger partial charge in [-0.3, -0.25) is 4.79 Å². The second-order valence-corrected chi connectivity index (χ2v) is 9.54. The lowest BCUT2D eigenvalue weighted by molar-refractivity contribution is -0.172. The normalized spacial score (nSPS) is 21.9. The molecule has 0 saturated heterocycles. The van der Waals surface area contributed by atoms with Crippen molar-refractivity contribution < 1.29 is 21.6 Å². The van der Waals surface area contributed by atoms with E-state index in [1.165, 1.54) is 12.1 Å². The van der Waals surface area contributed by atoms with Crippen molar-refractivity contribution in [1.29, 1.82) is 0 Å². The summed E-state index contributed by atoms with van der Waals surface area (Å²) in [6.45, 7) is 0. The van der Waals surface area contributed by atoms with Crippen molar-refractivity contribution in [2.45, 2.75) is 29.7 Å². The van der Waals surface area contributed by atoms with Gasteiger partial charge in [0.1, 0.15) is 11.1 Å². The number of anilines is 2. The van der Waals surface area contributed by atoms with E-state index in [2.05, 4.69) is 10.3 Å². The minimum absolute atomic E-state index is 0.00641. The number of alkyl halides is 3. The molecule has 4 rings (SSSR count). The highest BCUT2D eigenvalue weighted by molar-refractivity contribution is 7.92. The third-order valence-corrected chi connectivity index (χ3v) is 7.61. The maximum atomic E-state index is 14.6. The largest absolute Gasteiger partial charge is 0.403 e. The van der Waals surface area contributed by atoms with Crippen LogP contribution in [-0.4, -0.2) is 30.6 Å². The summed E-state index contributed by atoms with van der Waals surface area (Å²) in [5.74, 6) is -1.17. The summed E-state index contributed by atoms with van der Waals surface area (Å²) < 4.78 is 69.1. The number of halogens is 4. The number of hydrogen-bond donors (Lipinski definition) is 2. The monoisotopic (exact) mass is 418 g/mol. The van der Waals surface area contributed by atoms with Crippen LogP contribution in [0.1, 0.15) is 24.0 Å². The molecule has 1 fully saturated rings. The number of fused-ring (bicyclic) bond motifs is 2. The molecule has 2 aromatic rings. The Bertz CT molecular complexity index is 1090. The molecule has 0 amide bonds. The van der Waals surface area contributed by atoms with Gasteiger partial charge in [0.2, 0.25) is 0 Å². The Kier molecular flexibility index (Phi) is 3.91. The van der Waals surface area contributed by atoms with Crippen molar-refractivity contribution in [2.75, 3.05) is 11.1 Å². The van der Waals surface area contributed by atoms with Gasteiger partial charge < -0.3 is 10.3 Å². The Hall–Kier alpha value is -2.00. The predicted molar refractivity (Wildman–Crippen MR) is 95.4 cm³/mol. The van der Waals surface area contributed by atoms with E-state index in [0.717, 1.165) is 18.3 Å². The molecule has 2 heterocycles. The van der Waals surface area contributed by atoms with Gasteiger partial charge in [-0.15, -0.1) is 0 Å². The lowest BCUT2D eigenvalue weighted by atomic mass is 9.72. The molecule has 0 radical (unpaired) electrons. The zero-order chi connectivity index (χ0) is 19.6. The first-order chi connectivity index (χ1) is 12.6. The van der Waals surface area contributed by atoms with E-state index in [0.29, 0.717) is 12.8 Å². The van der Waals surface area contributed by atoms with Gasteiger partial charge in [0.05, 0.1) is 11.0 Å². The van der Waals surface area contributed by atoms with E-state index in [1.807, 2.05) is 0 Å². The van der Waals surface area contributed by atoms with Crippen LogP contribution < -0.4 is 10.9 Å². The molecule has 5 nitrogen and oxygen atoms in total. The maximum Gasteiger partial charge on any atom is 0.403 e. The third-order valence-electron chi connectivity index (χ3n) is 5.06. The average Bonchev–Trinajstić information content (AvgIpc) is 3.40. The van der Waals surface area contributed by atoms with Gasteiger partial charge in [0, 0.05) is 22.5 Å². The van der Waals surface area contributed by atoms with Crippen LogP contribution in [0.3, 0.4) is 0 Å². The fraction of sp³-hybridized carbons (Fsp3) is 0.353. The zero-order valence-corrected chi connectivity index (χ0v) is 15.3. The maximum absolute atomic E-state index is 14.6. The molecule has 1 aromatic carbocycles. The third kappa shape index (κ3) is 2.75. The van der Waals surface area contributed by atoms with Crippen LogP contribution in [0.25, 0.3) is 0 Å². The second-order valence-electron chi connectivity index (χ2n) is 6.82. The van der Waals surface area contributed by atoms with Crippen molar-refractivity contribution in [1.82, 2.24) is 4.98 Å². The van der Waals surface area contributed by atoms with Gasteiger partial charge in [-0.25, -0.2) is 8.42 Å². The topological polar surface area (TPSA) is 79.0 Å². The summed E-state index contributed by atoms with van der Waals surface area (Å²) in [4.78, 5) is 14.5. The lowest BCUT2D eigenvalue weighted by Crippen LogP contribution is -2.52. The fourth-order valence-corrected chi connectivity index (χ4v) is 5.95. The van der Waals surface area contributed by atoms with E-state index in [9.17, 15) is 26.4 Å². The van der Waals surface area contributed by atoms with Crippen LogP contribution in [0, 0.1) is 0 Å². The smallest absolute Gasteiger partial charge is 0.351 e. The van der Waals surface area contributed by atoms with E-state index in [1.54, 1.807) is 0 Å². The SMILES string of the molecule is O=c1[nH]ccc2c1Nc1ccc(Cl)cc1C2(CS(=O)(=O)C1CC1)C(F)(F)F. The molecule has 2 N–H and O–H groups in total. The minimum Gasteiger partial charge on any atom is -0.351 e. The second kappa shape index (κ2) is 5.75. The Morgan fingerprint density at radius 2 is 1.89 bits per heavy atom. The predicted octanol–water partition coefficient (Wildman–Crippen LogP) is 3.51. The Labute approximate surface area is 157 Å². The molecular weight excluding hydrogens is 405 g/mol. The molecule has 2 aliphatic rings. The van der Waals surface area contributed by atoms with Gasteiger partial charge >= 0.3 is 6.18 Å². The molecular formula is C17H14ClF3N2O3S. The van der Waals surface area contributed by atoms with Crippen LogP contribution in [0.15, 0.2) is 35.3 Å². The fourth-order valence-electron chi connectivity index (χ4n) is 3.61. The van der Waals surface area contributed by atoms with Crippen molar-refractivity contribution in [3.05, 3.63) is 57.0 Å². The minimum atomic E-state index is -4.97. The first-order valence-corrected chi connectivity index (χ1v) is 10.2. The summed E-state index contributed by atoms with van der Waals surface area (Å²) >= 11 is 5.95. The highest BCUT2D eigenvalue weighted by Gasteiger charge is 2.63. The molecule has 1 aliphatic heterocycles. The molecule has 1 aromatic heterocycles. The molecule has 1 atom stereocenters. The number of aromatic nitrogens is 1. The summed E-state index contributed by atoms with van der Waals surface area (Å²) in [5.41, 5.74) is -4.67. The van der Waals surface area contributed by atoms with E-state index >= 15 is 0 Å². The first kappa shape index (κ1) is 18.4. The van der Waals surface area contributed by atoms with Crippen LogP contribution in [0.4, 0.5) is 24.5 Å². The summed E-state index contributed by atoms with van der Waals surface area (Å²) in [6.07, 6.45) is -3.19. The summed E-state index contributed by atoms with van der Waals surface area (Å²) in [5, 5.41) is 1.96.